The first-order valence-corrected chi connectivity index (χ1v) is 28.2. The molecule has 2 atom stereocenters. The summed E-state index contributed by atoms with van der Waals surface area (Å²) in [6.07, 6.45) is 66.7. The standard InChI is InChI=1S/C56H113NO3/c1-3-5-7-9-11-13-15-17-19-21-22-23-24-25-26-27-28-29-30-31-32-33-34-36-38-40-42-44-46-48-50-52-56(60)57-54(53-58)55(59)51-49-47-45-43-41-39-37-35-20-18-16-14-12-10-8-6-4-2/h54-55,58-59H,3-53H2,1-2H3,(H,57,60)/t54-,55+/m0/s1. The first-order valence-electron chi connectivity index (χ1n) is 28.2. The minimum atomic E-state index is -0.654. The lowest BCUT2D eigenvalue weighted by atomic mass is 10.0. The van der Waals surface area contributed by atoms with E-state index in [4.69, 9.17) is 0 Å². The molecule has 0 aromatic carbocycles. The summed E-state index contributed by atoms with van der Waals surface area (Å²) in [5.41, 5.74) is 0. The van der Waals surface area contributed by atoms with Gasteiger partial charge in [-0.3, -0.25) is 4.79 Å². The Bertz CT molecular complexity index is 788. The van der Waals surface area contributed by atoms with Gasteiger partial charge < -0.3 is 15.5 Å². The summed E-state index contributed by atoms with van der Waals surface area (Å²) in [7, 11) is 0. The Labute approximate surface area is 378 Å². The number of nitrogens with one attached hydrogen (secondary N) is 1. The van der Waals surface area contributed by atoms with Crippen LogP contribution in [-0.4, -0.2) is 34.9 Å². The van der Waals surface area contributed by atoms with E-state index in [1.54, 1.807) is 0 Å². The average molecular weight is 849 g/mol. The number of hydrogen-bond acceptors (Lipinski definition) is 3. The molecule has 0 rings (SSSR count). The number of amides is 1. The molecule has 3 N–H and O–H groups in total. The predicted molar refractivity (Wildman–Crippen MR) is 267 cm³/mol. The highest BCUT2D eigenvalue weighted by Gasteiger charge is 2.20. The van der Waals surface area contributed by atoms with Crippen LogP contribution >= 0.6 is 0 Å². The largest absolute Gasteiger partial charge is 0.394 e. The number of aliphatic hydroxyl groups excluding tert-OH is 2. The van der Waals surface area contributed by atoms with Crippen molar-refractivity contribution in [1.82, 2.24) is 5.32 Å². The van der Waals surface area contributed by atoms with Crippen molar-refractivity contribution < 1.29 is 15.0 Å². The third-order valence-corrected chi connectivity index (χ3v) is 13.6. The zero-order valence-electron chi connectivity index (χ0n) is 41.5. The van der Waals surface area contributed by atoms with Crippen molar-refractivity contribution in [2.45, 2.75) is 347 Å². The molecule has 0 aliphatic heterocycles. The second kappa shape index (κ2) is 52.7. The minimum Gasteiger partial charge on any atom is -0.394 e. The van der Waals surface area contributed by atoms with Crippen LogP contribution in [0.2, 0.25) is 0 Å². The van der Waals surface area contributed by atoms with Gasteiger partial charge in [0.1, 0.15) is 0 Å². The molecule has 0 saturated heterocycles. The number of rotatable bonds is 53. The maximum absolute atomic E-state index is 12.5. The molecule has 4 heteroatoms. The Morgan fingerprint density at radius 1 is 0.333 bits per heavy atom. The maximum atomic E-state index is 12.5. The molecule has 360 valence electrons. The van der Waals surface area contributed by atoms with Gasteiger partial charge in [0.25, 0.3) is 0 Å². The smallest absolute Gasteiger partial charge is 0.220 e. The van der Waals surface area contributed by atoms with Gasteiger partial charge in [-0.15, -0.1) is 0 Å². The monoisotopic (exact) mass is 848 g/mol. The molecule has 0 heterocycles. The van der Waals surface area contributed by atoms with Gasteiger partial charge in [-0.1, -0.05) is 316 Å². The summed E-state index contributed by atoms with van der Waals surface area (Å²) < 4.78 is 0. The van der Waals surface area contributed by atoms with Gasteiger partial charge in [-0.2, -0.15) is 0 Å². The lowest BCUT2D eigenvalue weighted by molar-refractivity contribution is -0.123. The third-order valence-electron chi connectivity index (χ3n) is 13.6. The number of hydrogen-bond donors (Lipinski definition) is 3. The first kappa shape index (κ1) is 59.4. The van der Waals surface area contributed by atoms with E-state index in [0.29, 0.717) is 12.8 Å². The summed E-state index contributed by atoms with van der Waals surface area (Å²) in [5, 5.41) is 23.3. The molecule has 0 aliphatic rings. The Hall–Kier alpha value is -0.610. The summed E-state index contributed by atoms with van der Waals surface area (Å²) in [6.45, 7) is 4.40. The van der Waals surface area contributed by atoms with Crippen LogP contribution < -0.4 is 5.32 Å². The van der Waals surface area contributed by atoms with Gasteiger partial charge in [0.2, 0.25) is 5.91 Å². The van der Waals surface area contributed by atoms with Gasteiger partial charge in [0.05, 0.1) is 18.8 Å². The van der Waals surface area contributed by atoms with Gasteiger partial charge in [0.15, 0.2) is 0 Å². The molecule has 0 unspecified atom stereocenters. The van der Waals surface area contributed by atoms with Gasteiger partial charge in [0, 0.05) is 6.42 Å². The molecule has 0 saturated carbocycles. The van der Waals surface area contributed by atoms with Crippen LogP contribution in [0, 0.1) is 0 Å². The van der Waals surface area contributed by atoms with Gasteiger partial charge in [-0.05, 0) is 12.8 Å². The normalized spacial score (nSPS) is 12.7. The number of carbonyl (C=O) groups excluding carboxylic acids is 1. The fraction of sp³-hybridized carbons (Fsp3) is 0.982. The molecule has 0 bridgehead atoms. The number of aliphatic hydroxyl groups is 2. The Morgan fingerprint density at radius 3 is 0.750 bits per heavy atom. The summed E-state index contributed by atoms with van der Waals surface area (Å²) >= 11 is 0. The highest BCUT2D eigenvalue weighted by Crippen LogP contribution is 2.18. The molecule has 60 heavy (non-hydrogen) atoms. The van der Waals surface area contributed by atoms with E-state index in [1.807, 2.05) is 0 Å². The molecule has 0 aromatic rings. The van der Waals surface area contributed by atoms with Gasteiger partial charge >= 0.3 is 0 Å². The summed E-state index contributed by atoms with van der Waals surface area (Å²) in [6, 6.07) is -0.531. The molecular formula is C56H113NO3. The average Bonchev–Trinajstić information content (AvgIpc) is 3.25. The van der Waals surface area contributed by atoms with Crippen LogP contribution in [0.3, 0.4) is 0 Å². The van der Waals surface area contributed by atoms with Crippen molar-refractivity contribution in [3.8, 4) is 0 Å². The molecule has 0 aliphatic carbocycles. The van der Waals surface area contributed by atoms with Crippen molar-refractivity contribution in [2.24, 2.45) is 0 Å². The zero-order valence-corrected chi connectivity index (χ0v) is 41.5. The molecule has 0 aromatic heterocycles. The van der Waals surface area contributed by atoms with E-state index in [2.05, 4.69) is 19.2 Å². The van der Waals surface area contributed by atoms with Crippen molar-refractivity contribution >= 4 is 5.91 Å². The van der Waals surface area contributed by atoms with E-state index in [1.165, 1.54) is 283 Å². The van der Waals surface area contributed by atoms with Crippen LogP contribution in [0.5, 0.6) is 0 Å². The highest BCUT2D eigenvalue weighted by molar-refractivity contribution is 5.76. The Kier molecular flexibility index (Phi) is 52.2. The molecule has 0 radical (unpaired) electrons. The van der Waals surface area contributed by atoms with Crippen molar-refractivity contribution in [3.63, 3.8) is 0 Å². The maximum Gasteiger partial charge on any atom is 0.220 e. The molecule has 0 spiro atoms. The lowest BCUT2D eigenvalue weighted by Gasteiger charge is -2.22. The number of carbonyl (C=O) groups is 1. The molecule has 4 nitrogen and oxygen atoms in total. The van der Waals surface area contributed by atoms with Crippen molar-refractivity contribution in [1.29, 1.82) is 0 Å². The highest BCUT2D eigenvalue weighted by atomic mass is 16.3. The first-order chi connectivity index (χ1) is 29.7. The predicted octanol–water partition coefficient (Wildman–Crippen LogP) is 18.4. The van der Waals surface area contributed by atoms with Gasteiger partial charge in [-0.25, -0.2) is 0 Å². The Balaban J connectivity index is 3.37. The Morgan fingerprint density at radius 2 is 0.533 bits per heavy atom. The summed E-state index contributed by atoms with van der Waals surface area (Å²) in [4.78, 5) is 12.5. The van der Waals surface area contributed by atoms with E-state index >= 15 is 0 Å². The second-order valence-corrected chi connectivity index (χ2v) is 19.7. The van der Waals surface area contributed by atoms with Crippen LogP contribution in [0.15, 0.2) is 0 Å². The molecule has 1 amide bonds. The minimum absolute atomic E-state index is 0.0223. The lowest BCUT2D eigenvalue weighted by Crippen LogP contribution is -2.45. The molecule has 0 fully saturated rings. The zero-order chi connectivity index (χ0) is 43.5. The second-order valence-electron chi connectivity index (χ2n) is 19.7. The molecular weight excluding hydrogens is 735 g/mol. The van der Waals surface area contributed by atoms with Crippen LogP contribution in [0.1, 0.15) is 335 Å². The van der Waals surface area contributed by atoms with E-state index in [0.717, 1.165) is 25.7 Å². The van der Waals surface area contributed by atoms with Crippen molar-refractivity contribution in [3.05, 3.63) is 0 Å². The van der Waals surface area contributed by atoms with E-state index in [9.17, 15) is 15.0 Å². The third kappa shape index (κ3) is 48.4. The quantitative estimate of drug-likeness (QED) is 0.0534. The van der Waals surface area contributed by atoms with Crippen molar-refractivity contribution in [2.75, 3.05) is 6.61 Å². The summed E-state index contributed by atoms with van der Waals surface area (Å²) in [5.74, 6) is -0.0223. The number of unbranched alkanes of at least 4 members (excludes halogenated alkanes) is 46. The van der Waals surface area contributed by atoms with E-state index in [-0.39, 0.29) is 12.5 Å². The van der Waals surface area contributed by atoms with Crippen LogP contribution in [0.25, 0.3) is 0 Å². The van der Waals surface area contributed by atoms with Crippen LogP contribution in [-0.2, 0) is 4.79 Å². The topological polar surface area (TPSA) is 69.6 Å². The fourth-order valence-corrected chi connectivity index (χ4v) is 9.31. The fourth-order valence-electron chi connectivity index (χ4n) is 9.31. The van der Waals surface area contributed by atoms with E-state index < -0.39 is 12.1 Å². The van der Waals surface area contributed by atoms with Crippen LogP contribution in [0.4, 0.5) is 0 Å². The SMILES string of the molecule is CCCCCCCCCCCCCCCCCCCCCCCCCCCCCCCCCC(=O)N[C@@H](CO)[C@H](O)CCCCCCCCCCCCCCCCCCC.